The Morgan fingerprint density at radius 1 is 1.00 bits per heavy atom. The molecule has 0 saturated heterocycles. The molecule has 3 aromatic carbocycles. The summed E-state index contributed by atoms with van der Waals surface area (Å²) in [5, 5.41) is 5.32. The van der Waals surface area contributed by atoms with Gasteiger partial charge in [-0.3, -0.25) is 0 Å². The first-order chi connectivity index (χ1) is 15.4. The van der Waals surface area contributed by atoms with Gasteiger partial charge < -0.3 is 14.6 Å². The van der Waals surface area contributed by atoms with E-state index < -0.39 is 7.14 Å². The second-order valence-corrected chi connectivity index (χ2v) is 11.6. The highest BCUT2D eigenvalue weighted by molar-refractivity contribution is 7.79. The van der Waals surface area contributed by atoms with E-state index >= 15 is 0 Å². The highest BCUT2D eigenvalue weighted by Gasteiger charge is 2.42. The Labute approximate surface area is 190 Å². The molecule has 2 unspecified atom stereocenters. The van der Waals surface area contributed by atoms with Gasteiger partial charge in [-0.15, -0.1) is 0 Å². The molecular formula is C27H30NO3P. The van der Waals surface area contributed by atoms with Crippen LogP contribution in [0.25, 0.3) is 0 Å². The van der Waals surface area contributed by atoms with Gasteiger partial charge in [-0.2, -0.15) is 0 Å². The standard InChI is InChI=1S/C27H30NO3P/c1-4-31-27(29)20-15-16-25-24(17-20)23(19(2)3)18-26(28-25)32(30,21-11-7-5-8-12-21)22-13-9-6-10-14-22/h5-17,19,23,26,28H,4,18H2,1-3H3. The summed E-state index contributed by atoms with van der Waals surface area (Å²) in [6.45, 7) is 6.53. The van der Waals surface area contributed by atoms with Crippen LogP contribution in [0.3, 0.4) is 0 Å². The number of carbonyl (C=O) groups is 1. The molecule has 1 aliphatic rings. The van der Waals surface area contributed by atoms with Gasteiger partial charge in [0.15, 0.2) is 7.14 Å². The summed E-state index contributed by atoms with van der Waals surface area (Å²) in [5.41, 5.74) is 2.60. The van der Waals surface area contributed by atoms with E-state index in [1.807, 2.05) is 79.7 Å². The zero-order valence-corrected chi connectivity index (χ0v) is 19.7. The molecule has 1 N–H and O–H groups in total. The molecule has 0 aliphatic carbocycles. The molecule has 0 fully saturated rings. The van der Waals surface area contributed by atoms with Crippen LogP contribution < -0.4 is 15.9 Å². The Kier molecular flexibility index (Phi) is 6.53. The van der Waals surface area contributed by atoms with E-state index in [1.54, 1.807) is 6.07 Å². The summed E-state index contributed by atoms with van der Waals surface area (Å²) >= 11 is 0. The Hall–Kier alpha value is -2.84. The SMILES string of the molecule is CCOC(=O)c1ccc2c(c1)C(C(C)C)CC(P(=O)(c1ccccc1)c1ccccc1)N2. The second-order valence-electron chi connectivity index (χ2n) is 8.60. The molecule has 0 amide bonds. The van der Waals surface area contributed by atoms with E-state index in [0.29, 0.717) is 18.1 Å². The molecule has 1 heterocycles. The Bertz CT molecular complexity index is 1080. The van der Waals surface area contributed by atoms with E-state index in [-0.39, 0.29) is 17.7 Å². The van der Waals surface area contributed by atoms with Gasteiger partial charge in [-0.05, 0) is 48.9 Å². The van der Waals surface area contributed by atoms with Gasteiger partial charge >= 0.3 is 5.97 Å². The summed E-state index contributed by atoms with van der Waals surface area (Å²) in [6, 6.07) is 25.3. The highest BCUT2D eigenvalue weighted by Crippen LogP contribution is 2.55. The van der Waals surface area contributed by atoms with Gasteiger partial charge in [-0.1, -0.05) is 74.5 Å². The molecule has 4 nitrogen and oxygen atoms in total. The van der Waals surface area contributed by atoms with Crippen molar-refractivity contribution < 1.29 is 14.1 Å². The number of ether oxygens (including phenoxy) is 1. The van der Waals surface area contributed by atoms with Crippen molar-refractivity contribution in [1.82, 2.24) is 0 Å². The third kappa shape index (κ3) is 4.12. The molecular weight excluding hydrogens is 417 g/mol. The topological polar surface area (TPSA) is 55.4 Å². The van der Waals surface area contributed by atoms with Crippen molar-refractivity contribution in [2.45, 2.75) is 38.9 Å². The maximum atomic E-state index is 14.9. The number of carbonyl (C=O) groups excluding carboxylic acids is 1. The zero-order chi connectivity index (χ0) is 22.7. The third-order valence-electron chi connectivity index (χ3n) is 6.28. The number of fused-ring (bicyclic) bond motifs is 1. The highest BCUT2D eigenvalue weighted by atomic mass is 31.2. The quantitative estimate of drug-likeness (QED) is 0.386. The molecule has 2 atom stereocenters. The maximum absolute atomic E-state index is 14.9. The summed E-state index contributed by atoms with van der Waals surface area (Å²) in [5.74, 6) is -0.0398. The minimum Gasteiger partial charge on any atom is -0.462 e. The minimum absolute atomic E-state index is 0.173. The number of rotatable bonds is 6. The lowest BCUT2D eigenvalue weighted by Gasteiger charge is -2.39. The Morgan fingerprint density at radius 3 is 2.12 bits per heavy atom. The van der Waals surface area contributed by atoms with Crippen LogP contribution in [0.1, 0.15) is 49.0 Å². The van der Waals surface area contributed by atoms with Crippen molar-refractivity contribution in [2.75, 3.05) is 11.9 Å². The van der Waals surface area contributed by atoms with Crippen molar-refractivity contribution in [2.24, 2.45) is 5.92 Å². The van der Waals surface area contributed by atoms with Crippen molar-refractivity contribution in [3.63, 3.8) is 0 Å². The van der Waals surface area contributed by atoms with Crippen LogP contribution in [0.15, 0.2) is 78.9 Å². The Morgan fingerprint density at radius 2 is 1.59 bits per heavy atom. The maximum Gasteiger partial charge on any atom is 0.338 e. The summed E-state index contributed by atoms with van der Waals surface area (Å²) in [6.07, 6.45) is 0.720. The first kappa shape index (κ1) is 22.4. The van der Waals surface area contributed by atoms with Crippen LogP contribution >= 0.6 is 7.14 Å². The van der Waals surface area contributed by atoms with E-state index in [0.717, 1.165) is 28.3 Å². The van der Waals surface area contributed by atoms with Crippen LogP contribution in [-0.4, -0.2) is 18.4 Å². The normalized spacial score (nSPS) is 18.0. The monoisotopic (exact) mass is 447 g/mol. The average Bonchev–Trinajstić information content (AvgIpc) is 2.83. The molecule has 166 valence electrons. The van der Waals surface area contributed by atoms with Crippen molar-refractivity contribution >= 4 is 29.4 Å². The lowest BCUT2D eigenvalue weighted by Crippen LogP contribution is -2.36. The summed E-state index contributed by atoms with van der Waals surface area (Å²) < 4.78 is 20.1. The number of esters is 1. The predicted octanol–water partition coefficient (Wildman–Crippen LogP) is 5.76. The van der Waals surface area contributed by atoms with Crippen LogP contribution in [0.5, 0.6) is 0 Å². The first-order valence-electron chi connectivity index (χ1n) is 11.2. The van der Waals surface area contributed by atoms with Crippen LogP contribution in [-0.2, 0) is 9.30 Å². The lowest BCUT2D eigenvalue weighted by molar-refractivity contribution is 0.0526. The lowest BCUT2D eigenvalue weighted by atomic mass is 9.82. The second kappa shape index (κ2) is 9.34. The van der Waals surface area contributed by atoms with Gasteiger partial charge in [0.25, 0.3) is 0 Å². The van der Waals surface area contributed by atoms with Gasteiger partial charge in [0.2, 0.25) is 0 Å². The van der Waals surface area contributed by atoms with Crippen molar-refractivity contribution in [1.29, 1.82) is 0 Å². The van der Waals surface area contributed by atoms with E-state index in [4.69, 9.17) is 4.74 Å². The number of anilines is 1. The largest absolute Gasteiger partial charge is 0.462 e. The predicted molar refractivity (Wildman–Crippen MR) is 132 cm³/mol. The molecule has 0 spiro atoms. The molecule has 0 radical (unpaired) electrons. The fraction of sp³-hybridized carbons (Fsp3) is 0.296. The smallest absolute Gasteiger partial charge is 0.338 e. The van der Waals surface area contributed by atoms with Crippen LogP contribution in [0, 0.1) is 5.92 Å². The molecule has 32 heavy (non-hydrogen) atoms. The molecule has 4 rings (SSSR count). The average molecular weight is 448 g/mol. The fourth-order valence-electron chi connectivity index (χ4n) is 4.63. The minimum atomic E-state index is -2.98. The number of hydrogen-bond donors (Lipinski definition) is 1. The summed E-state index contributed by atoms with van der Waals surface area (Å²) in [7, 11) is -2.98. The van der Waals surface area contributed by atoms with Gasteiger partial charge in [0, 0.05) is 16.3 Å². The van der Waals surface area contributed by atoms with E-state index in [2.05, 4.69) is 19.2 Å². The van der Waals surface area contributed by atoms with Crippen LogP contribution in [0.2, 0.25) is 0 Å². The first-order valence-corrected chi connectivity index (χ1v) is 13.0. The number of benzene rings is 3. The van der Waals surface area contributed by atoms with Crippen molar-refractivity contribution in [3.05, 3.63) is 90.0 Å². The third-order valence-corrected chi connectivity index (χ3v) is 9.63. The van der Waals surface area contributed by atoms with Gasteiger partial charge in [0.1, 0.15) is 0 Å². The zero-order valence-electron chi connectivity index (χ0n) is 18.8. The molecule has 0 saturated carbocycles. The van der Waals surface area contributed by atoms with Gasteiger partial charge in [-0.25, -0.2) is 4.79 Å². The molecule has 0 aromatic heterocycles. The van der Waals surface area contributed by atoms with Crippen LogP contribution in [0.4, 0.5) is 5.69 Å². The Balaban J connectivity index is 1.81. The summed E-state index contributed by atoms with van der Waals surface area (Å²) in [4.78, 5) is 12.3. The molecule has 5 heteroatoms. The van der Waals surface area contributed by atoms with Crippen molar-refractivity contribution in [3.8, 4) is 0 Å². The van der Waals surface area contributed by atoms with Gasteiger partial charge in [0.05, 0.1) is 18.0 Å². The molecule has 1 aliphatic heterocycles. The molecule has 3 aromatic rings. The van der Waals surface area contributed by atoms with E-state index in [1.165, 1.54) is 0 Å². The fourth-order valence-corrected chi connectivity index (χ4v) is 7.72. The number of nitrogens with one attached hydrogen (secondary N) is 1. The number of hydrogen-bond acceptors (Lipinski definition) is 4. The van der Waals surface area contributed by atoms with E-state index in [9.17, 15) is 9.36 Å². The molecule has 0 bridgehead atoms.